The highest BCUT2D eigenvalue weighted by molar-refractivity contribution is 5.76. The topological polar surface area (TPSA) is 29.5 Å². The van der Waals surface area contributed by atoms with Crippen LogP contribution in [0.15, 0.2) is 0 Å². The number of carbonyl (C=O) groups is 1. The van der Waals surface area contributed by atoms with E-state index in [0.717, 1.165) is 13.1 Å². The largest absolute Gasteiger partial charge is 0.468 e. The van der Waals surface area contributed by atoms with Crippen LogP contribution in [0, 0.1) is 11.8 Å². The maximum atomic E-state index is 11.7. The fraction of sp³-hybridized carbons (Fsp3) is 0.917. The Hall–Kier alpha value is -0.570. The molecule has 0 aromatic carbocycles. The molecule has 88 valence electrons. The van der Waals surface area contributed by atoms with Crippen LogP contribution >= 0.6 is 0 Å². The van der Waals surface area contributed by atoms with Gasteiger partial charge in [0, 0.05) is 6.54 Å². The monoisotopic (exact) mass is 213 g/mol. The van der Waals surface area contributed by atoms with E-state index in [9.17, 15) is 4.79 Å². The van der Waals surface area contributed by atoms with Crippen molar-refractivity contribution >= 4 is 5.97 Å². The Kier molecular flexibility index (Phi) is 4.58. The van der Waals surface area contributed by atoms with E-state index in [2.05, 4.69) is 25.7 Å². The minimum Gasteiger partial charge on any atom is -0.468 e. The molecule has 0 aromatic rings. The molecule has 0 amide bonds. The molecule has 15 heavy (non-hydrogen) atoms. The number of carbonyl (C=O) groups excluding carboxylic acids is 1. The Morgan fingerprint density at radius 2 is 2.13 bits per heavy atom. The third-order valence-corrected chi connectivity index (χ3v) is 3.16. The molecule has 0 aliphatic carbocycles. The molecule has 1 rings (SSSR count). The van der Waals surface area contributed by atoms with Crippen LogP contribution in [0.25, 0.3) is 0 Å². The van der Waals surface area contributed by atoms with Crippen LogP contribution in [0.1, 0.15) is 33.6 Å². The molecule has 0 radical (unpaired) electrons. The smallest absolute Gasteiger partial charge is 0.323 e. The second kappa shape index (κ2) is 5.50. The summed E-state index contributed by atoms with van der Waals surface area (Å²) in [5.41, 5.74) is 0. The van der Waals surface area contributed by atoms with Crippen molar-refractivity contribution in [3.63, 3.8) is 0 Å². The first-order chi connectivity index (χ1) is 7.06. The molecule has 1 fully saturated rings. The summed E-state index contributed by atoms with van der Waals surface area (Å²) in [6.45, 7) is 8.47. The van der Waals surface area contributed by atoms with E-state index in [1.54, 1.807) is 0 Å². The fourth-order valence-corrected chi connectivity index (χ4v) is 2.44. The summed E-state index contributed by atoms with van der Waals surface area (Å²) < 4.78 is 4.88. The normalized spacial score (nSPS) is 25.3. The second-order valence-electron chi connectivity index (χ2n) is 4.95. The Bertz CT molecular complexity index is 216. The van der Waals surface area contributed by atoms with E-state index in [1.165, 1.54) is 20.0 Å². The number of methoxy groups -OCH3 is 1. The van der Waals surface area contributed by atoms with Gasteiger partial charge in [0.25, 0.3) is 0 Å². The Morgan fingerprint density at radius 3 is 2.60 bits per heavy atom. The van der Waals surface area contributed by atoms with E-state index in [1.807, 2.05) is 0 Å². The third-order valence-electron chi connectivity index (χ3n) is 3.16. The van der Waals surface area contributed by atoms with Crippen LogP contribution in [0.3, 0.4) is 0 Å². The molecule has 1 aliphatic rings. The number of piperidine rings is 1. The van der Waals surface area contributed by atoms with Crippen molar-refractivity contribution in [2.75, 3.05) is 20.2 Å². The number of rotatable bonds is 3. The molecule has 3 heteroatoms. The Balaban J connectivity index is 2.66. The average molecular weight is 213 g/mol. The molecule has 1 aliphatic heterocycles. The van der Waals surface area contributed by atoms with Crippen molar-refractivity contribution in [2.24, 2.45) is 11.8 Å². The van der Waals surface area contributed by atoms with Gasteiger partial charge in [0.2, 0.25) is 0 Å². The van der Waals surface area contributed by atoms with E-state index >= 15 is 0 Å². The SMILES string of the molecule is COC(=O)[C@H](C(C)C)N1CCC[C@H](C)C1. The molecule has 0 spiro atoms. The summed E-state index contributed by atoms with van der Waals surface area (Å²) in [5.74, 6) is 0.937. The predicted molar refractivity (Wildman–Crippen MR) is 60.6 cm³/mol. The highest BCUT2D eigenvalue weighted by Gasteiger charge is 2.32. The summed E-state index contributed by atoms with van der Waals surface area (Å²) in [4.78, 5) is 14.0. The first-order valence-electron chi connectivity index (χ1n) is 5.88. The summed E-state index contributed by atoms with van der Waals surface area (Å²) in [6, 6.07) is -0.0576. The fourth-order valence-electron chi connectivity index (χ4n) is 2.44. The van der Waals surface area contributed by atoms with Gasteiger partial charge in [-0.15, -0.1) is 0 Å². The highest BCUT2D eigenvalue weighted by atomic mass is 16.5. The number of nitrogens with zero attached hydrogens (tertiary/aromatic N) is 1. The van der Waals surface area contributed by atoms with Gasteiger partial charge in [-0.25, -0.2) is 0 Å². The van der Waals surface area contributed by atoms with E-state index < -0.39 is 0 Å². The lowest BCUT2D eigenvalue weighted by molar-refractivity contribution is -0.149. The summed E-state index contributed by atoms with van der Waals surface area (Å²) in [5, 5.41) is 0. The zero-order valence-electron chi connectivity index (χ0n) is 10.3. The Morgan fingerprint density at radius 1 is 1.47 bits per heavy atom. The maximum absolute atomic E-state index is 11.7. The predicted octanol–water partition coefficient (Wildman–Crippen LogP) is 1.92. The lowest BCUT2D eigenvalue weighted by atomic mass is 9.95. The first kappa shape index (κ1) is 12.5. The van der Waals surface area contributed by atoms with Crippen LogP contribution in [0.4, 0.5) is 0 Å². The second-order valence-corrected chi connectivity index (χ2v) is 4.95. The number of esters is 1. The van der Waals surface area contributed by atoms with Gasteiger partial charge >= 0.3 is 5.97 Å². The Labute approximate surface area is 92.8 Å². The average Bonchev–Trinajstić information content (AvgIpc) is 2.17. The van der Waals surface area contributed by atoms with E-state index in [4.69, 9.17) is 4.74 Å². The van der Waals surface area contributed by atoms with Crippen molar-refractivity contribution in [3.8, 4) is 0 Å². The lowest BCUT2D eigenvalue weighted by Gasteiger charge is -2.37. The zero-order chi connectivity index (χ0) is 11.4. The number of likely N-dealkylation sites (tertiary alicyclic amines) is 1. The van der Waals surface area contributed by atoms with Gasteiger partial charge in [-0.05, 0) is 31.2 Å². The van der Waals surface area contributed by atoms with Gasteiger partial charge < -0.3 is 4.74 Å². The maximum Gasteiger partial charge on any atom is 0.323 e. The summed E-state index contributed by atoms with van der Waals surface area (Å²) >= 11 is 0. The van der Waals surface area contributed by atoms with Crippen molar-refractivity contribution in [1.82, 2.24) is 4.90 Å². The summed E-state index contributed by atoms with van der Waals surface area (Å²) in [6.07, 6.45) is 2.48. The standard InChI is InChI=1S/C12H23NO2/c1-9(2)11(12(14)15-4)13-7-5-6-10(3)8-13/h9-11H,5-8H2,1-4H3/t10-,11-/m0/s1. The molecule has 0 saturated carbocycles. The molecular weight excluding hydrogens is 190 g/mol. The molecule has 3 nitrogen and oxygen atoms in total. The van der Waals surface area contributed by atoms with Gasteiger partial charge in [0.05, 0.1) is 7.11 Å². The van der Waals surface area contributed by atoms with E-state index in [-0.39, 0.29) is 12.0 Å². The molecular formula is C12H23NO2. The van der Waals surface area contributed by atoms with Crippen molar-refractivity contribution in [1.29, 1.82) is 0 Å². The van der Waals surface area contributed by atoms with Crippen LogP contribution < -0.4 is 0 Å². The van der Waals surface area contributed by atoms with Gasteiger partial charge in [-0.3, -0.25) is 9.69 Å². The zero-order valence-corrected chi connectivity index (χ0v) is 10.3. The molecule has 1 saturated heterocycles. The molecule has 0 bridgehead atoms. The minimum absolute atomic E-state index is 0.0576. The van der Waals surface area contributed by atoms with Crippen molar-refractivity contribution in [2.45, 2.75) is 39.7 Å². The minimum atomic E-state index is -0.0842. The van der Waals surface area contributed by atoms with Crippen LogP contribution in [0.2, 0.25) is 0 Å². The van der Waals surface area contributed by atoms with Crippen LogP contribution in [-0.4, -0.2) is 37.1 Å². The first-order valence-corrected chi connectivity index (χ1v) is 5.88. The molecule has 0 N–H and O–H groups in total. The van der Waals surface area contributed by atoms with E-state index in [0.29, 0.717) is 11.8 Å². The number of hydrogen-bond acceptors (Lipinski definition) is 3. The molecule has 0 aromatic heterocycles. The molecule has 0 unspecified atom stereocenters. The molecule has 2 atom stereocenters. The highest BCUT2D eigenvalue weighted by Crippen LogP contribution is 2.21. The van der Waals surface area contributed by atoms with Crippen LogP contribution in [0.5, 0.6) is 0 Å². The quantitative estimate of drug-likeness (QED) is 0.671. The van der Waals surface area contributed by atoms with Gasteiger partial charge in [0.1, 0.15) is 6.04 Å². The van der Waals surface area contributed by atoms with Crippen molar-refractivity contribution < 1.29 is 9.53 Å². The summed E-state index contributed by atoms with van der Waals surface area (Å²) in [7, 11) is 1.48. The van der Waals surface area contributed by atoms with Crippen LogP contribution in [-0.2, 0) is 9.53 Å². The van der Waals surface area contributed by atoms with Gasteiger partial charge in [0.15, 0.2) is 0 Å². The number of hydrogen-bond donors (Lipinski definition) is 0. The number of ether oxygens (including phenoxy) is 1. The van der Waals surface area contributed by atoms with Crippen molar-refractivity contribution in [3.05, 3.63) is 0 Å². The van der Waals surface area contributed by atoms with Gasteiger partial charge in [-0.2, -0.15) is 0 Å². The molecule has 1 heterocycles. The van der Waals surface area contributed by atoms with Gasteiger partial charge in [-0.1, -0.05) is 20.8 Å². The third kappa shape index (κ3) is 3.20. The lowest BCUT2D eigenvalue weighted by Crippen LogP contribution is -2.49.